The molecule has 0 aromatic heterocycles. The first-order valence-corrected chi connectivity index (χ1v) is 5.39. The highest BCUT2D eigenvalue weighted by molar-refractivity contribution is 7.80. The molecular formula is C8H20NS2+. The molecule has 0 N–H and O–H groups in total. The van der Waals surface area contributed by atoms with Crippen LogP contribution in [0.25, 0.3) is 0 Å². The van der Waals surface area contributed by atoms with Crippen LogP contribution in [0.3, 0.4) is 0 Å². The highest BCUT2D eigenvalue weighted by Crippen LogP contribution is 2.09. The Bertz CT molecular complexity index is 98.3. The molecular weight excluding hydrogens is 174 g/mol. The smallest absolute Gasteiger partial charge is 0.0876 e. The molecule has 0 saturated carbocycles. The lowest BCUT2D eigenvalue weighted by Gasteiger charge is -2.37. The molecule has 11 heavy (non-hydrogen) atoms. The molecule has 0 rings (SSSR count). The number of hydrogen-bond acceptors (Lipinski definition) is 2. The van der Waals surface area contributed by atoms with E-state index in [1.165, 1.54) is 0 Å². The fourth-order valence-corrected chi connectivity index (χ4v) is 2.00. The number of rotatable bonds is 5. The van der Waals surface area contributed by atoms with Crippen LogP contribution in [0, 0.1) is 0 Å². The minimum absolute atomic E-state index is 0.675. The van der Waals surface area contributed by atoms with Gasteiger partial charge in [-0.3, -0.25) is 0 Å². The van der Waals surface area contributed by atoms with E-state index in [0.29, 0.717) is 6.04 Å². The van der Waals surface area contributed by atoms with Crippen molar-refractivity contribution in [2.24, 2.45) is 0 Å². The molecule has 0 amide bonds. The number of quaternary nitrogens is 1. The standard InChI is InChI=1S/C8H19NS2/c1-8(2)9(3,4-6-10)5-7-11/h8H,4-7H2,1-3H3,(H-,10,11)/p+1. The van der Waals surface area contributed by atoms with Gasteiger partial charge in [0.15, 0.2) is 0 Å². The Kier molecular flexibility index (Phi) is 5.65. The molecule has 0 aliphatic heterocycles. The van der Waals surface area contributed by atoms with Gasteiger partial charge >= 0.3 is 0 Å². The Balaban J connectivity index is 4.01. The van der Waals surface area contributed by atoms with Crippen LogP contribution in [-0.2, 0) is 0 Å². The van der Waals surface area contributed by atoms with Crippen molar-refractivity contribution in [1.29, 1.82) is 0 Å². The van der Waals surface area contributed by atoms with Crippen LogP contribution in [0.15, 0.2) is 0 Å². The summed E-state index contributed by atoms with van der Waals surface area (Å²) in [6.45, 7) is 6.79. The minimum Gasteiger partial charge on any atom is -0.323 e. The summed E-state index contributed by atoms with van der Waals surface area (Å²) >= 11 is 8.52. The zero-order valence-electron chi connectivity index (χ0n) is 7.75. The van der Waals surface area contributed by atoms with E-state index < -0.39 is 0 Å². The maximum absolute atomic E-state index is 4.26. The lowest BCUT2D eigenvalue weighted by molar-refractivity contribution is -0.925. The summed E-state index contributed by atoms with van der Waals surface area (Å²) in [6, 6.07) is 0.675. The summed E-state index contributed by atoms with van der Waals surface area (Å²) in [7, 11) is 2.27. The fourth-order valence-electron chi connectivity index (χ4n) is 1.09. The van der Waals surface area contributed by atoms with Crippen LogP contribution in [0.4, 0.5) is 0 Å². The first kappa shape index (κ1) is 11.7. The van der Waals surface area contributed by atoms with Gasteiger partial charge in [-0.2, -0.15) is 25.3 Å². The van der Waals surface area contributed by atoms with Gasteiger partial charge in [0.25, 0.3) is 0 Å². The Morgan fingerprint density at radius 3 is 1.64 bits per heavy atom. The number of nitrogens with zero attached hydrogens (tertiary/aromatic N) is 1. The Labute approximate surface area is 81.6 Å². The average Bonchev–Trinajstić information content (AvgIpc) is 1.88. The third-order valence-electron chi connectivity index (χ3n) is 2.47. The molecule has 0 atom stereocenters. The summed E-state index contributed by atoms with van der Waals surface area (Å²) in [4.78, 5) is 0. The van der Waals surface area contributed by atoms with E-state index >= 15 is 0 Å². The first-order chi connectivity index (χ1) is 5.06. The second-order valence-electron chi connectivity index (χ2n) is 3.47. The Hall–Kier alpha value is 0.660. The number of thiol groups is 2. The summed E-state index contributed by atoms with van der Waals surface area (Å²) in [5.41, 5.74) is 0. The number of hydrogen-bond donors (Lipinski definition) is 2. The van der Waals surface area contributed by atoms with Crippen LogP contribution >= 0.6 is 25.3 Å². The van der Waals surface area contributed by atoms with Crippen molar-refractivity contribution in [3.8, 4) is 0 Å². The third kappa shape index (κ3) is 3.72. The summed E-state index contributed by atoms with van der Waals surface area (Å²) in [5.74, 6) is 1.92. The van der Waals surface area contributed by atoms with E-state index in [-0.39, 0.29) is 0 Å². The van der Waals surface area contributed by atoms with Gasteiger partial charge in [-0.15, -0.1) is 0 Å². The second-order valence-corrected chi connectivity index (χ2v) is 4.36. The van der Waals surface area contributed by atoms with Gasteiger partial charge < -0.3 is 4.48 Å². The first-order valence-electron chi connectivity index (χ1n) is 4.13. The van der Waals surface area contributed by atoms with Crippen LogP contribution in [0.5, 0.6) is 0 Å². The van der Waals surface area contributed by atoms with Crippen molar-refractivity contribution in [2.45, 2.75) is 19.9 Å². The van der Waals surface area contributed by atoms with Gasteiger partial charge in [-0.05, 0) is 13.8 Å². The highest BCUT2D eigenvalue weighted by atomic mass is 32.1. The Morgan fingerprint density at radius 1 is 1.09 bits per heavy atom. The molecule has 68 valence electrons. The molecule has 1 nitrogen and oxygen atoms in total. The van der Waals surface area contributed by atoms with E-state index in [0.717, 1.165) is 29.1 Å². The Morgan fingerprint density at radius 2 is 1.45 bits per heavy atom. The highest BCUT2D eigenvalue weighted by Gasteiger charge is 2.23. The van der Waals surface area contributed by atoms with Crippen molar-refractivity contribution >= 4 is 25.3 Å². The lowest BCUT2D eigenvalue weighted by Crippen LogP contribution is -2.52. The topological polar surface area (TPSA) is 0 Å². The molecule has 0 radical (unpaired) electrons. The van der Waals surface area contributed by atoms with Gasteiger partial charge in [-0.1, -0.05) is 0 Å². The van der Waals surface area contributed by atoms with Crippen molar-refractivity contribution in [3.63, 3.8) is 0 Å². The van der Waals surface area contributed by atoms with Gasteiger partial charge in [0.05, 0.1) is 26.2 Å². The van der Waals surface area contributed by atoms with Crippen LogP contribution in [-0.4, -0.2) is 42.2 Å². The fraction of sp³-hybridized carbons (Fsp3) is 1.00. The van der Waals surface area contributed by atoms with E-state index in [2.05, 4.69) is 46.2 Å². The largest absolute Gasteiger partial charge is 0.323 e. The summed E-state index contributed by atoms with van der Waals surface area (Å²) < 4.78 is 1.09. The van der Waals surface area contributed by atoms with Crippen LogP contribution in [0.1, 0.15) is 13.8 Å². The summed E-state index contributed by atoms with van der Waals surface area (Å²) in [6.07, 6.45) is 0. The molecule has 0 aromatic rings. The van der Waals surface area contributed by atoms with Crippen LogP contribution < -0.4 is 0 Å². The molecule has 0 bridgehead atoms. The minimum atomic E-state index is 0.675. The van der Waals surface area contributed by atoms with Crippen molar-refractivity contribution < 1.29 is 4.48 Å². The molecule has 0 aromatic carbocycles. The van der Waals surface area contributed by atoms with Crippen molar-refractivity contribution in [1.82, 2.24) is 0 Å². The molecule has 3 heteroatoms. The van der Waals surface area contributed by atoms with Crippen molar-refractivity contribution in [2.75, 3.05) is 31.6 Å². The third-order valence-corrected chi connectivity index (χ3v) is 2.87. The van der Waals surface area contributed by atoms with Gasteiger partial charge in [0, 0.05) is 11.5 Å². The molecule has 0 aliphatic carbocycles. The van der Waals surface area contributed by atoms with E-state index in [9.17, 15) is 0 Å². The zero-order valence-corrected chi connectivity index (χ0v) is 9.54. The van der Waals surface area contributed by atoms with Gasteiger partial charge in [0.2, 0.25) is 0 Å². The van der Waals surface area contributed by atoms with Crippen LogP contribution in [0.2, 0.25) is 0 Å². The second kappa shape index (κ2) is 5.33. The molecule has 0 fully saturated rings. The zero-order chi connectivity index (χ0) is 8.91. The lowest BCUT2D eigenvalue weighted by atomic mass is 10.2. The van der Waals surface area contributed by atoms with Gasteiger partial charge in [-0.25, -0.2) is 0 Å². The predicted molar refractivity (Wildman–Crippen MR) is 58.8 cm³/mol. The van der Waals surface area contributed by atoms with E-state index in [4.69, 9.17) is 0 Å². The monoisotopic (exact) mass is 194 g/mol. The normalized spacial score (nSPS) is 12.5. The van der Waals surface area contributed by atoms with Crippen molar-refractivity contribution in [3.05, 3.63) is 0 Å². The maximum atomic E-state index is 4.26. The van der Waals surface area contributed by atoms with Gasteiger partial charge in [0.1, 0.15) is 0 Å². The quantitative estimate of drug-likeness (QED) is 0.483. The summed E-state index contributed by atoms with van der Waals surface area (Å²) in [5, 5.41) is 0. The molecule has 0 heterocycles. The SMILES string of the molecule is CC(C)[N+](C)(CCS)CCS. The predicted octanol–water partition coefficient (Wildman–Crippen LogP) is 1.70. The molecule has 0 unspecified atom stereocenters. The molecule has 0 aliphatic rings. The molecule has 0 saturated heterocycles. The average molecular weight is 194 g/mol. The maximum Gasteiger partial charge on any atom is 0.0876 e. The van der Waals surface area contributed by atoms with E-state index in [1.54, 1.807) is 0 Å². The van der Waals surface area contributed by atoms with E-state index in [1.807, 2.05) is 0 Å². The molecule has 0 spiro atoms.